The van der Waals surface area contributed by atoms with Crippen molar-refractivity contribution in [2.45, 2.75) is 13.0 Å². The van der Waals surface area contributed by atoms with E-state index in [1.54, 1.807) is 19.1 Å². The highest BCUT2D eigenvalue weighted by Gasteiger charge is 2.15. The number of amides is 1. The maximum absolute atomic E-state index is 12.8. The van der Waals surface area contributed by atoms with Crippen molar-refractivity contribution in [3.8, 4) is 11.3 Å². The maximum atomic E-state index is 12.8. The van der Waals surface area contributed by atoms with Gasteiger partial charge in [-0.25, -0.2) is 9.37 Å². The van der Waals surface area contributed by atoms with Gasteiger partial charge in [-0.2, -0.15) is 0 Å². The van der Waals surface area contributed by atoms with Crippen LogP contribution in [0.25, 0.3) is 11.3 Å². The zero-order valence-electron chi connectivity index (χ0n) is 10.2. The fourth-order valence-electron chi connectivity index (χ4n) is 1.58. The van der Waals surface area contributed by atoms with Crippen LogP contribution in [0.1, 0.15) is 18.9 Å². The number of rotatable bonds is 4. The van der Waals surface area contributed by atoms with Gasteiger partial charge < -0.3 is 9.73 Å². The highest BCUT2D eigenvalue weighted by atomic mass is 35.5. The quantitative estimate of drug-likeness (QED) is 0.877. The number of halogens is 2. The zero-order chi connectivity index (χ0) is 13.8. The standard InChI is InChI=1S/C13H12ClFN2O2/c1-8(17-12(18)6-14)13-16-7-11(19-13)9-2-4-10(15)5-3-9/h2-5,7-8H,6H2,1H3,(H,17,18). The normalized spacial score (nSPS) is 12.2. The van der Waals surface area contributed by atoms with Gasteiger partial charge in [0.2, 0.25) is 11.8 Å². The Morgan fingerprint density at radius 2 is 2.16 bits per heavy atom. The van der Waals surface area contributed by atoms with E-state index in [1.165, 1.54) is 18.3 Å². The van der Waals surface area contributed by atoms with E-state index in [0.29, 0.717) is 11.7 Å². The minimum atomic E-state index is -0.375. The fourth-order valence-corrected chi connectivity index (χ4v) is 1.65. The van der Waals surface area contributed by atoms with Gasteiger partial charge in [-0.05, 0) is 31.2 Å². The molecule has 1 N–H and O–H groups in total. The van der Waals surface area contributed by atoms with Gasteiger partial charge >= 0.3 is 0 Å². The average molecular weight is 283 g/mol. The van der Waals surface area contributed by atoms with Crippen molar-refractivity contribution < 1.29 is 13.6 Å². The summed E-state index contributed by atoms with van der Waals surface area (Å²) in [7, 11) is 0. The summed E-state index contributed by atoms with van der Waals surface area (Å²) >= 11 is 5.40. The van der Waals surface area contributed by atoms with Crippen molar-refractivity contribution in [3.05, 3.63) is 42.2 Å². The van der Waals surface area contributed by atoms with Crippen LogP contribution in [-0.4, -0.2) is 16.8 Å². The summed E-state index contributed by atoms with van der Waals surface area (Å²) in [4.78, 5) is 15.2. The molecule has 0 saturated heterocycles. The van der Waals surface area contributed by atoms with Crippen LogP contribution in [0.4, 0.5) is 4.39 Å². The van der Waals surface area contributed by atoms with E-state index >= 15 is 0 Å². The molecule has 0 aliphatic rings. The highest BCUT2D eigenvalue weighted by Crippen LogP contribution is 2.23. The predicted octanol–water partition coefficient (Wildman–Crippen LogP) is 2.90. The first-order valence-corrected chi connectivity index (χ1v) is 6.20. The van der Waals surface area contributed by atoms with Crippen LogP contribution in [0.15, 0.2) is 34.9 Å². The molecule has 0 bridgehead atoms. The number of alkyl halides is 1. The highest BCUT2D eigenvalue weighted by molar-refractivity contribution is 6.27. The molecule has 2 rings (SSSR count). The molecule has 1 heterocycles. The molecule has 1 atom stereocenters. The maximum Gasteiger partial charge on any atom is 0.235 e. The molecule has 100 valence electrons. The molecule has 19 heavy (non-hydrogen) atoms. The molecule has 1 aromatic heterocycles. The van der Waals surface area contributed by atoms with Gasteiger partial charge in [-0.3, -0.25) is 4.79 Å². The number of aromatic nitrogens is 1. The smallest absolute Gasteiger partial charge is 0.235 e. The summed E-state index contributed by atoms with van der Waals surface area (Å²) in [6.07, 6.45) is 1.53. The molecule has 1 unspecified atom stereocenters. The van der Waals surface area contributed by atoms with Gasteiger partial charge in [0.15, 0.2) is 5.76 Å². The number of benzene rings is 1. The van der Waals surface area contributed by atoms with Crippen molar-refractivity contribution >= 4 is 17.5 Å². The van der Waals surface area contributed by atoms with E-state index in [-0.39, 0.29) is 23.6 Å². The summed E-state index contributed by atoms with van der Waals surface area (Å²) in [5, 5.41) is 2.63. The first kappa shape index (κ1) is 13.5. The van der Waals surface area contributed by atoms with Crippen molar-refractivity contribution in [2.75, 3.05) is 5.88 Å². The molecule has 4 nitrogen and oxygen atoms in total. The minimum Gasteiger partial charge on any atom is -0.438 e. The zero-order valence-corrected chi connectivity index (χ0v) is 10.9. The topological polar surface area (TPSA) is 55.1 Å². The largest absolute Gasteiger partial charge is 0.438 e. The monoisotopic (exact) mass is 282 g/mol. The number of nitrogens with one attached hydrogen (secondary N) is 1. The Morgan fingerprint density at radius 1 is 1.47 bits per heavy atom. The third-order valence-corrected chi connectivity index (χ3v) is 2.76. The Labute approximate surface area is 114 Å². The second-order valence-electron chi connectivity index (χ2n) is 3.99. The lowest BCUT2D eigenvalue weighted by Crippen LogP contribution is -2.27. The van der Waals surface area contributed by atoms with E-state index in [0.717, 1.165) is 5.56 Å². The van der Waals surface area contributed by atoms with Gasteiger partial charge in [-0.1, -0.05) is 0 Å². The summed E-state index contributed by atoms with van der Waals surface area (Å²) in [5.74, 6) is 0.164. The molecule has 0 aliphatic heterocycles. The van der Waals surface area contributed by atoms with Crippen molar-refractivity contribution in [1.29, 1.82) is 0 Å². The van der Waals surface area contributed by atoms with Crippen LogP contribution >= 0.6 is 11.6 Å². The Morgan fingerprint density at radius 3 is 2.79 bits per heavy atom. The Bertz CT molecular complexity index is 568. The summed E-state index contributed by atoms with van der Waals surface area (Å²) in [6.45, 7) is 1.74. The Balaban J connectivity index is 2.14. The third-order valence-electron chi connectivity index (χ3n) is 2.52. The lowest BCUT2D eigenvalue weighted by Gasteiger charge is -2.08. The number of oxazole rings is 1. The molecule has 6 heteroatoms. The van der Waals surface area contributed by atoms with Crippen molar-refractivity contribution in [2.24, 2.45) is 0 Å². The van der Waals surface area contributed by atoms with Crippen molar-refractivity contribution in [1.82, 2.24) is 10.3 Å². The van der Waals surface area contributed by atoms with Gasteiger partial charge in [0.1, 0.15) is 17.7 Å². The van der Waals surface area contributed by atoms with Crippen LogP contribution < -0.4 is 5.32 Å². The molecule has 1 amide bonds. The number of hydrogen-bond donors (Lipinski definition) is 1. The van der Waals surface area contributed by atoms with E-state index in [1.807, 2.05) is 0 Å². The molecular formula is C13H12ClFN2O2. The minimum absolute atomic E-state index is 0.115. The molecule has 0 aliphatic carbocycles. The number of nitrogens with zero attached hydrogens (tertiary/aromatic N) is 1. The molecule has 1 aromatic carbocycles. The van der Waals surface area contributed by atoms with E-state index < -0.39 is 0 Å². The van der Waals surface area contributed by atoms with E-state index in [4.69, 9.17) is 16.0 Å². The summed E-state index contributed by atoms with van der Waals surface area (Å²) in [5.41, 5.74) is 0.719. The lowest BCUT2D eigenvalue weighted by molar-refractivity contribution is -0.119. The average Bonchev–Trinajstić information content (AvgIpc) is 2.89. The first-order valence-electron chi connectivity index (χ1n) is 5.67. The third kappa shape index (κ3) is 3.32. The van der Waals surface area contributed by atoms with Gasteiger partial charge in [0.05, 0.1) is 6.20 Å². The molecule has 2 aromatic rings. The Hall–Kier alpha value is -1.88. The molecule has 0 spiro atoms. The molecule has 0 saturated carbocycles. The van der Waals surface area contributed by atoms with E-state index in [2.05, 4.69) is 10.3 Å². The SMILES string of the molecule is CC(NC(=O)CCl)c1ncc(-c2ccc(F)cc2)o1. The van der Waals surface area contributed by atoms with Gasteiger partial charge in [0.25, 0.3) is 0 Å². The summed E-state index contributed by atoms with van der Waals surface area (Å²) in [6, 6.07) is 5.51. The predicted molar refractivity (Wildman–Crippen MR) is 69.2 cm³/mol. The Kier molecular flexibility index (Phi) is 4.16. The van der Waals surface area contributed by atoms with Crippen LogP contribution in [0.5, 0.6) is 0 Å². The van der Waals surface area contributed by atoms with E-state index in [9.17, 15) is 9.18 Å². The number of carbonyl (C=O) groups is 1. The van der Waals surface area contributed by atoms with Crippen LogP contribution in [0.2, 0.25) is 0 Å². The second-order valence-corrected chi connectivity index (χ2v) is 4.26. The van der Waals surface area contributed by atoms with Gasteiger partial charge in [-0.15, -0.1) is 11.6 Å². The fraction of sp³-hybridized carbons (Fsp3) is 0.231. The lowest BCUT2D eigenvalue weighted by atomic mass is 10.2. The van der Waals surface area contributed by atoms with Crippen LogP contribution in [-0.2, 0) is 4.79 Å². The first-order chi connectivity index (χ1) is 9.10. The number of carbonyl (C=O) groups excluding carboxylic acids is 1. The second kappa shape index (κ2) is 5.84. The molecule has 0 radical (unpaired) electrons. The van der Waals surface area contributed by atoms with Gasteiger partial charge in [0, 0.05) is 5.56 Å². The summed E-state index contributed by atoms with van der Waals surface area (Å²) < 4.78 is 18.3. The van der Waals surface area contributed by atoms with Crippen molar-refractivity contribution in [3.63, 3.8) is 0 Å². The van der Waals surface area contributed by atoms with Crippen LogP contribution in [0, 0.1) is 5.82 Å². The molecule has 0 fully saturated rings. The molecular weight excluding hydrogens is 271 g/mol. The number of hydrogen-bond acceptors (Lipinski definition) is 3. The van der Waals surface area contributed by atoms with Crippen LogP contribution in [0.3, 0.4) is 0 Å².